The summed E-state index contributed by atoms with van der Waals surface area (Å²) in [5.41, 5.74) is 2.94. The van der Waals surface area contributed by atoms with Crippen LogP contribution >= 0.6 is 11.6 Å². The summed E-state index contributed by atoms with van der Waals surface area (Å²) < 4.78 is 6.50. The highest BCUT2D eigenvalue weighted by molar-refractivity contribution is 6.30. The third-order valence-corrected chi connectivity index (χ3v) is 4.84. The van der Waals surface area contributed by atoms with Gasteiger partial charge in [0.2, 0.25) is 5.69 Å². The monoisotopic (exact) mass is 435 g/mol. The Morgan fingerprint density at radius 3 is 2.45 bits per heavy atom. The summed E-state index contributed by atoms with van der Waals surface area (Å²) in [5.74, 6) is -1.09. The Labute approximate surface area is 182 Å². The molecule has 0 atom stereocenters. The third-order valence-electron chi connectivity index (χ3n) is 4.59. The number of fused-ring (bicyclic) bond motifs is 1. The number of nitrogens with zero attached hydrogens (tertiary/aromatic N) is 4. The van der Waals surface area contributed by atoms with Gasteiger partial charge in [0.1, 0.15) is 0 Å². The first-order valence-corrected chi connectivity index (χ1v) is 9.93. The molecular formula is C22H18ClN5O3. The number of rotatable bonds is 5. The minimum absolute atomic E-state index is 0.0775. The number of aromatic nitrogens is 4. The maximum Gasteiger partial charge on any atom is 0.362 e. The largest absolute Gasteiger partial charge is 0.461 e. The molecule has 0 fully saturated rings. The van der Waals surface area contributed by atoms with E-state index in [-0.39, 0.29) is 18.1 Å². The van der Waals surface area contributed by atoms with Crippen LogP contribution in [0.3, 0.4) is 0 Å². The van der Waals surface area contributed by atoms with Gasteiger partial charge in [0.15, 0.2) is 11.5 Å². The number of ether oxygens (including phenoxy) is 1. The van der Waals surface area contributed by atoms with Crippen LogP contribution in [-0.4, -0.2) is 38.3 Å². The van der Waals surface area contributed by atoms with Crippen LogP contribution in [0.25, 0.3) is 16.8 Å². The highest BCUT2D eigenvalue weighted by Gasteiger charge is 2.25. The van der Waals surface area contributed by atoms with Gasteiger partial charge in [0.25, 0.3) is 5.91 Å². The third kappa shape index (κ3) is 3.97. The fourth-order valence-corrected chi connectivity index (χ4v) is 3.31. The summed E-state index contributed by atoms with van der Waals surface area (Å²) >= 11 is 5.91. The van der Waals surface area contributed by atoms with E-state index in [9.17, 15) is 9.59 Å². The minimum atomic E-state index is -0.710. The molecule has 0 aliphatic rings. The molecule has 156 valence electrons. The Morgan fingerprint density at radius 1 is 1.06 bits per heavy atom. The van der Waals surface area contributed by atoms with Crippen molar-refractivity contribution in [2.24, 2.45) is 0 Å². The number of hydrogen-bond acceptors (Lipinski definition) is 6. The van der Waals surface area contributed by atoms with Gasteiger partial charge in [-0.25, -0.2) is 4.79 Å². The molecule has 4 rings (SSSR count). The number of benzene rings is 2. The molecule has 0 spiro atoms. The molecule has 0 aliphatic heterocycles. The van der Waals surface area contributed by atoms with Crippen molar-refractivity contribution in [2.45, 2.75) is 13.8 Å². The second-order valence-electron chi connectivity index (χ2n) is 6.64. The van der Waals surface area contributed by atoms with E-state index in [0.29, 0.717) is 21.9 Å². The molecule has 1 N–H and O–H groups in total. The zero-order valence-electron chi connectivity index (χ0n) is 16.8. The van der Waals surface area contributed by atoms with Gasteiger partial charge in [-0.05, 0) is 43.7 Å². The molecule has 0 bridgehead atoms. The summed E-state index contributed by atoms with van der Waals surface area (Å²) in [6.45, 7) is 3.66. The Balaban J connectivity index is 1.87. The van der Waals surface area contributed by atoms with Crippen LogP contribution in [-0.2, 0) is 4.74 Å². The summed E-state index contributed by atoms with van der Waals surface area (Å²) in [5, 5.41) is 16.0. The molecule has 8 nitrogen and oxygen atoms in total. The molecule has 2 aromatic heterocycles. The van der Waals surface area contributed by atoms with Gasteiger partial charge in [-0.3, -0.25) is 4.79 Å². The van der Waals surface area contributed by atoms with Gasteiger partial charge in [0.05, 0.1) is 17.9 Å². The molecule has 4 aromatic rings. The van der Waals surface area contributed by atoms with Gasteiger partial charge in [-0.2, -0.15) is 9.61 Å². The standard InChI is InChI=1S/C22H18ClN5O3/c1-3-31-22(30)18-20(24-21(29)15-9-11-16(23)12-10-15)28-19(26-25-18)17(13(2)27-28)14-7-5-4-6-8-14/h4-12H,3H2,1-2H3,(H,24,29). The number of esters is 1. The van der Waals surface area contributed by atoms with E-state index in [2.05, 4.69) is 20.6 Å². The van der Waals surface area contributed by atoms with Gasteiger partial charge < -0.3 is 10.1 Å². The predicted octanol–water partition coefficient (Wildman–Crippen LogP) is 4.18. The second kappa shape index (κ2) is 8.53. The topological polar surface area (TPSA) is 98.5 Å². The second-order valence-corrected chi connectivity index (χ2v) is 7.08. The first-order chi connectivity index (χ1) is 15.0. The highest BCUT2D eigenvalue weighted by atomic mass is 35.5. The van der Waals surface area contributed by atoms with E-state index in [0.717, 1.165) is 11.1 Å². The zero-order chi connectivity index (χ0) is 22.0. The molecule has 0 aliphatic carbocycles. The van der Waals surface area contributed by atoms with Crippen LogP contribution in [0.1, 0.15) is 33.5 Å². The summed E-state index contributed by atoms with van der Waals surface area (Å²) in [6.07, 6.45) is 0. The maximum atomic E-state index is 12.9. The predicted molar refractivity (Wildman–Crippen MR) is 116 cm³/mol. The first kappa shape index (κ1) is 20.5. The van der Waals surface area contributed by atoms with Crippen molar-refractivity contribution < 1.29 is 14.3 Å². The van der Waals surface area contributed by atoms with Crippen molar-refractivity contribution in [1.82, 2.24) is 19.8 Å². The average Bonchev–Trinajstić information content (AvgIpc) is 3.11. The molecule has 0 radical (unpaired) electrons. The Hall–Kier alpha value is -3.78. The van der Waals surface area contributed by atoms with Crippen molar-refractivity contribution in [3.63, 3.8) is 0 Å². The van der Waals surface area contributed by atoms with E-state index in [1.165, 1.54) is 4.52 Å². The minimum Gasteiger partial charge on any atom is -0.461 e. The lowest BCUT2D eigenvalue weighted by Gasteiger charge is -2.11. The Morgan fingerprint density at radius 2 is 1.77 bits per heavy atom. The average molecular weight is 436 g/mol. The molecule has 0 unspecified atom stereocenters. The molecule has 2 heterocycles. The van der Waals surface area contributed by atoms with Crippen LogP contribution in [0, 0.1) is 6.92 Å². The lowest BCUT2D eigenvalue weighted by Crippen LogP contribution is -2.21. The van der Waals surface area contributed by atoms with E-state index in [1.54, 1.807) is 31.2 Å². The number of anilines is 1. The fourth-order valence-electron chi connectivity index (χ4n) is 3.18. The Bertz CT molecular complexity index is 1270. The van der Waals surface area contributed by atoms with Crippen LogP contribution in [0.15, 0.2) is 54.6 Å². The molecule has 31 heavy (non-hydrogen) atoms. The van der Waals surface area contributed by atoms with Crippen LogP contribution < -0.4 is 5.32 Å². The van der Waals surface area contributed by atoms with Crippen molar-refractivity contribution in [3.8, 4) is 11.1 Å². The van der Waals surface area contributed by atoms with Crippen LogP contribution in [0.5, 0.6) is 0 Å². The zero-order valence-corrected chi connectivity index (χ0v) is 17.6. The van der Waals surface area contributed by atoms with Gasteiger partial charge in [0, 0.05) is 10.6 Å². The molecule has 2 aromatic carbocycles. The molecule has 1 amide bonds. The number of nitrogens with one attached hydrogen (secondary N) is 1. The smallest absolute Gasteiger partial charge is 0.362 e. The first-order valence-electron chi connectivity index (χ1n) is 9.55. The van der Waals surface area contributed by atoms with Crippen molar-refractivity contribution in [2.75, 3.05) is 11.9 Å². The number of amides is 1. The highest BCUT2D eigenvalue weighted by Crippen LogP contribution is 2.29. The van der Waals surface area contributed by atoms with E-state index in [1.807, 2.05) is 37.3 Å². The summed E-state index contributed by atoms with van der Waals surface area (Å²) in [4.78, 5) is 25.4. The molecule has 0 saturated carbocycles. The van der Waals surface area contributed by atoms with Crippen LogP contribution in [0.4, 0.5) is 5.82 Å². The van der Waals surface area contributed by atoms with Crippen molar-refractivity contribution in [3.05, 3.63) is 76.6 Å². The van der Waals surface area contributed by atoms with Crippen molar-refractivity contribution in [1.29, 1.82) is 0 Å². The number of aryl methyl sites for hydroxylation is 1. The SMILES string of the molecule is CCOC(=O)c1nnc2c(-c3ccccc3)c(C)nn2c1NC(=O)c1ccc(Cl)cc1. The lowest BCUT2D eigenvalue weighted by atomic mass is 10.1. The van der Waals surface area contributed by atoms with Gasteiger partial charge in [-0.15, -0.1) is 10.2 Å². The lowest BCUT2D eigenvalue weighted by molar-refractivity contribution is 0.0519. The normalized spacial score (nSPS) is 10.8. The number of carbonyl (C=O) groups excluding carboxylic acids is 2. The molecule has 0 saturated heterocycles. The summed E-state index contributed by atoms with van der Waals surface area (Å²) in [7, 11) is 0. The number of halogens is 1. The van der Waals surface area contributed by atoms with E-state index < -0.39 is 11.9 Å². The quantitative estimate of drug-likeness (QED) is 0.472. The number of carbonyl (C=O) groups is 2. The fraction of sp³-hybridized carbons (Fsp3) is 0.136. The van der Waals surface area contributed by atoms with E-state index in [4.69, 9.17) is 16.3 Å². The summed E-state index contributed by atoms with van der Waals surface area (Å²) in [6, 6.07) is 15.9. The van der Waals surface area contributed by atoms with Gasteiger partial charge >= 0.3 is 5.97 Å². The Kier molecular flexibility index (Phi) is 5.64. The van der Waals surface area contributed by atoms with Crippen LogP contribution in [0.2, 0.25) is 5.02 Å². The molecular weight excluding hydrogens is 418 g/mol. The van der Waals surface area contributed by atoms with E-state index >= 15 is 0 Å². The maximum absolute atomic E-state index is 12.9. The van der Waals surface area contributed by atoms with Crippen molar-refractivity contribution >= 4 is 34.9 Å². The molecule has 9 heteroatoms. The number of hydrogen-bond donors (Lipinski definition) is 1. The van der Waals surface area contributed by atoms with Gasteiger partial charge in [-0.1, -0.05) is 41.9 Å².